The molecule has 2 N–H and O–H groups in total. The maximum atomic E-state index is 13.5. The Hall–Kier alpha value is -4.64. The monoisotopic (exact) mass is 603 g/mol. The van der Waals surface area contributed by atoms with Gasteiger partial charge in [-0.2, -0.15) is 5.10 Å². The third kappa shape index (κ3) is 6.89. The van der Waals surface area contributed by atoms with Crippen LogP contribution in [0.5, 0.6) is 0 Å². The lowest BCUT2D eigenvalue weighted by atomic mass is 10.1. The van der Waals surface area contributed by atoms with E-state index in [2.05, 4.69) is 15.5 Å². The molecule has 0 radical (unpaired) electrons. The highest BCUT2D eigenvalue weighted by molar-refractivity contribution is 6.31. The van der Waals surface area contributed by atoms with Crippen LogP contribution in [0.1, 0.15) is 53.5 Å². The number of anilines is 2. The number of fused-ring (bicyclic) bond motifs is 1. The molecule has 0 aliphatic carbocycles. The second-order valence-electron chi connectivity index (χ2n) is 10.7. The van der Waals surface area contributed by atoms with E-state index in [0.717, 1.165) is 29.9 Å². The Kier molecular flexibility index (Phi) is 8.81. The van der Waals surface area contributed by atoms with Gasteiger partial charge in [-0.1, -0.05) is 41.9 Å². The van der Waals surface area contributed by atoms with Gasteiger partial charge in [-0.3, -0.25) is 9.59 Å². The molecule has 1 fully saturated rings. The maximum absolute atomic E-state index is 13.5. The van der Waals surface area contributed by atoms with E-state index >= 15 is 0 Å². The van der Waals surface area contributed by atoms with Crippen molar-refractivity contribution in [3.8, 4) is 0 Å². The van der Waals surface area contributed by atoms with Crippen molar-refractivity contribution in [3.05, 3.63) is 88.2 Å². The number of ether oxygens (including phenoxy) is 1. The number of nitrogens with one attached hydrogen (secondary N) is 2. The normalized spacial score (nSPS) is 15.3. The summed E-state index contributed by atoms with van der Waals surface area (Å²) in [5, 5.41) is 10.7. The maximum Gasteiger partial charge on any atom is 0.407 e. The van der Waals surface area contributed by atoms with Crippen LogP contribution < -0.4 is 15.5 Å². The van der Waals surface area contributed by atoms with Crippen LogP contribution in [0.25, 0.3) is 5.65 Å². The van der Waals surface area contributed by atoms with Gasteiger partial charge in [-0.05, 0) is 44.0 Å². The number of carbonyl (C=O) groups excluding carboxylic acids is 3. The van der Waals surface area contributed by atoms with E-state index in [4.69, 9.17) is 26.4 Å². The Morgan fingerprint density at radius 2 is 1.93 bits per heavy atom. The fourth-order valence-electron chi connectivity index (χ4n) is 5.10. The SMILES string of the molecule is CC(=O)Nc1ccc(Cl)cc1C(=O)N(C)[C@@H](C)c1cc2nc(N3CC[C@H](NC(=O)OCc4ccccc4)C3)c(C)cn2n1. The fraction of sp³-hybridized carbons (Fsp3) is 0.323. The molecule has 2 atom stereocenters. The van der Waals surface area contributed by atoms with Gasteiger partial charge in [0, 0.05) is 49.9 Å². The highest BCUT2D eigenvalue weighted by Gasteiger charge is 2.28. The predicted molar refractivity (Wildman–Crippen MR) is 164 cm³/mol. The highest BCUT2D eigenvalue weighted by atomic mass is 35.5. The van der Waals surface area contributed by atoms with E-state index in [1.807, 2.05) is 56.4 Å². The molecule has 12 heteroatoms. The lowest BCUT2D eigenvalue weighted by Gasteiger charge is -2.24. The van der Waals surface area contributed by atoms with Crippen LogP contribution in [-0.4, -0.2) is 63.6 Å². The number of alkyl carbamates (subject to hydrolysis) is 1. The van der Waals surface area contributed by atoms with E-state index in [1.165, 1.54) is 6.92 Å². The largest absolute Gasteiger partial charge is 0.445 e. The molecule has 0 saturated carbocycles. The second-order valence-corrected chi connectivity index (χ2v) is 11.2. The first-order valence-electron chi connectivity index (χ1n) is 14.0. The van der Waals surface area contributed by atoms with Crippen LogP contribution in [0.2, 0.25) is 5.02 Å². The zero-order valence-electron chi connectivity index (χ0n) is 24.5. The van der Waals surface area contributed by atoms with Gasteiger partial charge < -0.3 is 25.2 Å². The topological polar surface area (TPSA) is 121 Å². The van der Waals surface area contributed by atoms with Crippen LogP contribution in [0.15, 0.2) is 60.8 Å². The van der Waals surface area contributed by atoms with Gasteiger partial charge in [0.1, 0.15) is 12.4 Å². The van der Waals surface area contributed by atoms with Gasteiger partial charge in [0.05, 0.1) is 29.0 Å². The van der Waals surface area contributed by atoms with E-state index in [0.29, 0.717) is 34.2 Å². The number of aromatic nitrogens is 3. The number of hydrogen-bond acceptors (Lipinski definition) is 7. The van der Waals surface area contributed by atoms with Gasteiger partial charge in [0.15, 0.2) is 5.65 Å². The summed E-state index contributed by atoms with van der Waals surface area (Å²) in [5.74, 6) is 0.225. The second kappa shape index (κ2) is 12.7. The number of halogens is 1. The van der Waals surface area contributed by atoms with Crippen molar-refractivity contribution in [2.75, 3.05) is 30.4 Å². The van der Waals surface area contributed by atoms with E-state index in [-0.39, 0.29) is 24.5 Å². The van der Waals surface area contributed by atoms with Crippen molar-refractivity contribution >= 4 is 46.7 Å². The summed E-state index contributed by atoms with van der Waals surface area (Å²) < 4.78 is 7.09. The molecule has 1 aliphatic rings. The van der Waals surface area contributed by atoms with Crippen molar-refractivity contribution in [2.45, 2.75) is 45.9 Å². The van der Waals surface area contributed by atoms with Crippen molar-refractivity contribution < 1.29 is 19.1 Å². The lowest BCUT2D eigenvalue weighted by molar-refractivity contribution is -0.114. The molecule has 5 rings (SSSR count). The first-order valence-corrected chi connectivity index (χ1v) is 14.4. The number of aryl methyl sites for hydroxylation is 1. The summed E-state index contributed by atoms with van der Waals surface area (Å²) in [6, 6.07) is 15.7. The Morgan fingerprint density at radius 1 is 1.16 bits per heavy atom. The van der Waals surface area contributed by atoms with Gasteiger partial charge >= 0.3 is 6.09 Å². The average Bonchev–Trinajstić information content (AvgIpc) is 3.62. The minimum absolute atomic E-state index is 0.0604. The molecule has 0 spiro atoms. The molecule has 3 amide bonds. The van der Waals surface area contributed by atoms with Crippen molar-refractivity contribution in [3.63, 3.8) is 0 Å². The average molecular weight is 604 g/mol. The van der Waals surface area contributed by atoms with E-state index < -0.39 is 12.1 Å². The summed E-state index contributed by atoms with van der Waals surface area (Å²) in [6.45, 7) is 6.80. The first kappa shape index (κ1) is 29.8. The zero-order valence-corrected chi connectivity index (χ0v) is 25.3. The number of benzene rings is 2. The summed E-state index contributed by atoms with van der Waals surface area (Å²) in [5.41, 5.74) is 3.85. The van der Waals surface area contributed by atoms with Gasteiger partial charge in [-0.25, -0.2) is 14.3 Å². The molecular weight excluding hydrogens is 570 g/mol. The fourth-order valence-corrected chi connectivity index (χ4v) is 5.27. The van der Waals surface area contributed by atoms with Crippen LogP contribution >= 0.6 is 11.6 Å². The lowest BCUT2D eigenvalue weighted by Crippen LogP contribution is -2.37. The minimum Gasteiger partial charge on any atom is -0.445 e. The molecule has 224 valence electrons. The molecule has 0 unspecified atom stereocenters. The summed E-state index contributed by atoms with van der Waals surface area (Å²) in [4.78, 5) is 46.1. The van der Waals surface area contributed by atoms with Crippen molar-refractivity contribution in [1.82, 2.24) is 24.8 Å². The zero-order chi connectivity index (χ0) is 30.7. The Morgan fingerprint density at radius 3 is 2.67 bits per heavy atom. The molecule has 1 saturated heterocycles. The van der Waals surface area contributed by atoms with Crippen LogP contribution in [0, 0.1) is 6.92 Å². The molecular formula is C31H34ClN7O4. The van der Waals surface area contributed by atoms with Gasteiger partial charge in [0.2, 0.25) is 5.91 Å². The molecule has 1 aliphatic heterocycles. The number of nitrogens with zero attached hydrogens (tertiary/aromatic N) is 5. The van der Waals surface area contributed by atoms with E-state index in [1.54, 1.807) is 34.7 Å². The smallest absolute Gasteiger partial charge is 0.407 e. The third-order valence-corrected chi connectivity index (χ3v) is 7.73. The number of rotatable bonds is 8. The minimum atomic E-state index is -0.439. The van der Waals surface area contributed by atoms with Crippen molar-refractivity contribution in [1.29, 1.82) is 0 Å². The van der Waals surface area contributed by atoms with Crippen LogP contribution in [0.3, 0.4) is 0 Å². The third-order valence-electron chi connectivity index (χ3n) is 7.50. The van der Waals surface area contributed by atoms with Gasteiger partial charge in [0.25, 0.3) is 5.91 Å². The molecule has 2 aromatic heterocycles. The molecule has 11 nitrogen and oxygen atoms in total. The van der Waals surface area contributed by atoms with Crippen LogP contribution in [-0.2, 0) is 16.1 Å². The molecule has 3 heterocycles. The molecule has 2 aromatic carbocycles. The first-order chi connectivity index (χ1) is 20.6. The van der Waals surface area contributed by atoms with E-state index in [9.17, 15) is 14.4 Å². The summed E-state index contributed by atoms with van der Waals surface area (Å²) in [7, 11) is 1.68. The summed E-state index contributed by atoms with van der Waals surface area (Å²) >= 11 is 6.17. The Bertz CT molecular complexity index is 1660. The molecule has 4 aromatic rings. The van der Waals surface area contributed by atoms with Crippen LogP contribution in [0.4, 0.5) is 16.3 Å². The number of hydrogen-bond donors (Lipinski definition) is 2. The quantitative estimate of drug-likeness (QED) is 0.291. The van der Waals surface area contributed by atoms with Gasteiger partial charge in [-0.15, -0.1) is 0 Å². The highest BCUT2D eigenvalue weighted by Crippen LogP contribution is 2.28. The predicted octanol–water partition coefficient (Wildman–Crippen LogP) is 4.99. The Balaban J connectivity index is 1.26. The summed E-state index contributed by atoms with van der Waals surface area (Å²) in [6.07, 6.45) is 2.24. The van der Waals surface area contributed by atoms with Crippen molar-refractivity contribution in [2.24, 2.45) is 0 Å². The molecule has 43 heavy (non-hydrogen) atoms. The standard InChI is InChI=1S/C31H34ClN7O4/c1-19-16-39-28(35-29(19)38-13-12-24(17-38)34-31(42)43-18-22-8-6-5-7-9-22)15-27(36-39)20(2)37(4)30(41)25-14-23(32)10-11-26(25)33-21(3)40/h5-11,14-16,20,24H,12-13,17-18H2,1-4H3,(H,33,40)(H,34,42)/t20-,24-/m0/s1. The number of amides is 3. The number of carbonyl (C=O) groups is 3. The molecule has 0 bridgehead atoms. The Labute approximate surface area is 254 Å².